The number of fused-ring (bicyclic) bond motifs is 1. The van der Waals surface area contributed by atoms with Crippen molar-refractivity contribution in [3.05, 3.63) is 34.5 Å². The molecule has 1 amide bonds. The molecule has 118 valence electrons. The van der Waals surface area contributed by atoms with Gasteiger partial charge in [-0.15, -0.1) is 0 Å². The van der Waals surface area contributed by atoms with Crippen LogP contribution in [-0.4, -0.2) is 24.0 Å². The molecule has 0 atom stereocenters. The highest BCUT2D eigenvalue weighted by Crippen LogP contribution is 2.30. The Hall–Kier alpha value is -2.01. The molecule has 0 saturated carbocycles. The lowest BCUT2D eigenvalue weighted by Crippen LogP contribution is -2.42. The first-order chi connectivity index (χ1) is 10.2. The van der Waals surface area contributed by atoms with Gasteiger partial charge in [-0.2, -0.15) is 0 Å². The zero-order chi connectivity index (χ0) is 16.5. The Morgan fingerprint density at radius 1 is 1.32 bits per heavy atom. The number of rotatable bonds is 3. The summed E-state index contributed by atoms with van der Waals surface area (Å²) in [7, 11) is 0. The van der Waals surface area contributed by atoms with Gasteiger partial charge in [0.05, 0.1) is 5.02 Å². The second-order valence-electron chi connectivity index (χ2n) is 6.05. The van der Waals surface area contributed by atoms with Crippen molar-refractivity contribution in [1.29, 1.82) is 0 Å². The van der Waals surface area contributed by atoms with Gasteiger partial charge in [0, 0.05) is 16.5 Å². The fourth-order valence-corrected chi connectivity index (χ4v) is 2.27. The van der Waals surface area contributed by atoms with Gasteiger partial charge in [-0.1, -0.05) is 23.7 Å². The summed E-state index contributed by atoms with van der Waals surface area (Å²) < 4.78 is 10.5. The number of halogens is 1. The van der Waals surface area contributed by atoms with E-state index in [-0.39, 0.29) is 23.8 Å². The standard InChI is InChI=1S/C16H18ClNO4/c1-9-10-6-5-7-11(17)14(10)22-13(9)15(20)21-8-12(19)18-16(2,3)4/h5-7H,8H2,1-4H3,(H,18,19). The number of esters is 1. The van der Waals surface area contributed by atoms with Gasteiger partial charge in [-0.25, -0.2) is 4.79 Å². The number of amides is 1. The first kappa shape index (κ1) is 16.4. The molecule has 6 heteroatoms. The first-order valence-electron chi connectivity index (χ1n) is 6.85. The normalized spacial score (nSPS) is 11.5. The van der Waals surface area contributed by atoms with E-state index in [1.165, 1.54) is 0 Å². The number of furan rings is 1. The van der Waals surface area contributed by atoms with Gasteiger partial charge >= 0.3 is 5.97 Å². The van der Waals surface area contributed by atoms with Crippen molar-refractivity contribution in [1.82, 2.24) is 5.32 Å². The maximum absolute atomic E-state index is 12.1. The van der Waals surface area contributed by atoms with Gasteiger partial charge in [0.25, 0.3) is 5.91 Å². The average molecular weight is 324 g/mol. The van der Waals surface area contributed by atoms with Crippen LogP contribution in [0.2, 0.25) is 5.02 Å². The van der Waals surface area contributed by atoms with E-state index in [4.69, 9.17) is 20.8 Å². The monoisotopic (exact) mass is 323 g/mol. The van der Waals surface area contributed by atoms with Crippen molar-refractivity contribution in [3.8, 4) is 0 Å². The van der Waals surface area contributed by atoms with E-state index in [1.807, 2.05) is 26.8 Å². The van der Waals surface area contributed by atoms with E-state index < -0.39 is 5.97 Å². The molecule has 0 bridgehead atoms. The minimum atomic E-state index is -0.686. The van der Waals surface area contributed by atoms with E-state index >= 15 is 0 Å². The molecule has 0 radical (unpaired) electrons. The number of hydrogen-bond acceptors (Lipinski definition) is 4. The van der Waals surface area contributed by atoms with Crippen LogP contribution in [0.25, 0.3) is 11.0 Å². The second kappa shape index (κ2) is 6.01. The number of ether oxygens (including phenoxy) is 1. The summed E-state index contributed by atoms with van der Waals surface area (Å²) in [4.78, 5) is 23.7. The predicted molar refractivity (Wildman–Crippen MR) is 84.1 cm³/mol. The predicted octanol–water partition coefficient (Wildman–Crippen LogP) is 3.47. The molecular weight excluding hydrogens is 306 g/mol. The molecule has 2 rings (SSSR count). The van der Waals surface area contributed by atoms with E-state index in [0.29, 0.717) is 16.2 Å². The molecule has 0 aliphatic heterocycles. The first-order valence-corrected chi connectivity index (χ1v) is 7.22. The second-order valence-corrected chi connectivity index (χ2v) is 6.45. The minimum Gasteiger partial charge on any atom is -0.450 e. The molecule has 1 heterocycles. The van der Waals surface area contributed by atoms with Crippen LogP contribution in [0.5, 0.6) is 0 Å². The topological polar surface area (TPSA) is 68.5 Å². The molecule has 2 aromatic rings. The SMILES string of the molecule is Cc1c(C(=O)OCC(=O)NC(C)(C)C)oc2c(Cl)cccc12. The average Bonchev–Trinajstić information content (AvgIpc) is 2.73. The van der Waals surface area contributed by atoms with Crippen LogP contribution in [0.1, 0.15) is 36.9 Å². The van der Waals surface area contributed by atoms with E-state index in [9.17, 15) is 9.59 Å². The van der Waals surface area contributed by atoms with Crippen molar-refractivity contribution in [2.75, 3.05) is 6.61 Å². The maximum atomic E-state index is 12.1. The lowest BCUT2D eigenvalue weighted by molar-refractivity contribution is -0.125. The third kappa shape index (κ3) is 3.60. The van der Waals surface area contributed by atoms with Crippen molar-refractivity contribution in [2.24, 2.45) is 0 Å². The molecule has 22 heavy (non-hydrogen) atoms. The largest absolute Gasteiger partial charge is 0.450 e. The summed E-state index contributed by atoms with van der Waals surface area (Å²) in [6.45, 7) is 6.92. The summed E-state index contributed by atoms with van der Waals surface area (Å²) in [6.07, 6.45) is 0. The number of aryl methyl sites for hydroxylation is 1. The number of carbonyl (C=O) groups excluding carboxylic acids is 2. The van der Waals surface area contributed by atoms with Crippen LogP contribution in [-0.2, 0) is 9.53 Å². The number of para-hydroxylation sites is 1. The molecule has 5 nitrogen and oxygen atoms in total. The van der Waals surface area contributed by atoms with E-state index in [0.717, 1.165) is 5.39 Å². The number of benzene rings is 1. The van der Waals surface area contributed by atoms with Crippen molar-refractivity contribution < 1.29 is 18.7 Å². The highest BCUT2D eigenvalue weighted by molar-refractivity contribution is 6.35. The summed E-state index contributed by atoms with van der Waals surface area (Å²) in [6, 6.07) is 5.26. The molecular formula is C16H18ClNO4. The summed E-state index contributed by atoms with van der Waals surface area (Å²) in [5, 5.41) is 3.88. The highest BCUT2D eigenvalue weighted by atomic mass is 35.5. The Bertz CT molecular complexity index is 728. The third-order valence-corrected chi connectivity index (χ3v) is 3.25. The molecule has 0 unspecified atom stereocenters. The third-order valence-electron chi connectivity index (χ3n) is 2.95. The van der Waals surface area contributed by atoms with Crippen LogP contribution in [0.15, 0.2) is 22.6 Å². The zero-order valence-electron chi connectivity index (χ0n) is 13.0. The van der Waals surface area contributed by atoms with Gasteiger partial charge in [-0.3, -0.25) is 4.79 Å². The van der Waals surface area contributed by atoms with Crippen LogP contribution >= 0.6 is 11.6 Å². The van der Waals surface area contributed by atoms with Crippen LogP contribution in [0.3, 0.4) is 0 Å². The minimum absolute atomic E-state index is 0.0617. The van der Waals surface area contributed by atoms with Gasteiger partial charge < -0.3 is 14.5 Å². The van der Waals surface area contributed by atoms with Crippen molar-refractivity contribution in [3.63, 3.8) is 0 Å². The number of hydrogen-bond donors (Lipinski definition) is 1. The highest BCUT2D eigenvalue weighted by Gasteiger charge is 2.22. The molecule has 0 aliphatic rings. The van der Waals surface area contributed by atoms with Crippen molar-refractivity contribution >= 4 is 34.4 Å². The lowest BCUT2D eigenvalue weighted by Gasteiger charge is -2.20. The van der Waals surface area contributed by atoms with Crippen LogP contribution < -0.4 is 5.32 Å². The summed E-state index contributed by atoms with van der Waals surface area (Å²) in [5.74, 6) is -0.992. The summed E-state index contributed by atoms with van der Waals surface area (Å²) in [5.41, 5.74) is 0.693. The molecule has 0 fully saturated rings. The Labute approximate surface area is 133 Å². The molecule has 0 saturated heterocycles. The van der Waals surface area contributed by atoms with Crippen LogP contribution in [0.4, 0.5) is 0 Å². The molecule has 1 N–H and O–H groups in total. The number of nitrogens with one attached hydrogen (secondary N) is 1. The molecule has 1 aromatic heterocycles. The fourth-order valence-electron chi connectivity index (χ4n) is 2.05. The zero-order valence-corrected chi connectivity index (χ0v) is 13.7. The number of carbonyl (C=O) groups is 2. The maximum Gasteiger partial charge on any atom is 0.375 e. The Kier molecular flexibility index (Phi) is 4.47. The van der Waals surface area contributed by atoms with Crippen molar-refractivity contribution in [2.45, 2.75) is 33.2 Å². The Morgan fingerprint density at radius 3 is 2.59 bits per heavy atom. The molecule has 1 aromatic carbocycles. The van der Waals surface area contributed by atoms with Gasteiger partial charge in [-0.05, 0) is 33.8 Å². The smallest absolute Gasteiger partial charge is 0.375 e. The lowest BCUT2D eigenvalue weighted by atomic mass is 10.1. The Balaban J connectivity index is 2.12. The van der Waals surface area contributed by atoms with E-state index in [1.54, 1.807) is 19.1 Å². The van der Waals surface area contributed by atoms with Crippen LogP contribution in [0, 0.1) is 6.92 Å². The summed E-state index contributed by atoms with van der Waals surface area (Å²) >= 11 is 6.04. The molecule has 0 aliphatic carbocycles. The Morgan fingerprint density at radius 2 is 2.00 bits per heavy atom. The molecule has 0 spiro atoms. The van der Waals surface area contributed by atoms with Gasteiger partial charge in [0.2, 0.25) is 5.76 Å². The van der Waals surface area contributed by atoms with E-state index in [2.05, 4.69) is 5.32 Å². The fraction of sp³-hybridized carbons (Fsp3) is 0.375. The van der Waals surface area contributed by atoms with Gasteiger partial charge in [0.1, 0.15) is 0 Å². The quantitative estimate of drug-likeness (QED) is 0.878. The van der Waals surface area contributed by atoms with Gasteiger partial charge in [0.15, 0.2) is 12.2 Å².